The summed E-state index contributed by atoms with van der Waals surface area (Å²) in [4.78, 5) is 20.3. The molecule has 0 fully saturated rings. The highest BCUT2D eigenvalue weighted by molar-refractivity contribution is 5.95. The van der Waals surface area contributed by atoms with Crippen LogP contribution in [0.5, 0.6) is 0 Å². The first-order chi connectivity index (χ1) is 11.7. The Labute approximate surface area is 137 Å². The van der Waals surface area contributed by atoms with Gasteiger partial charge in [0.25, 0.3) is 0 Å². The number of amides is 1. The van der Waals surface area contributed by atoms with Gasteiger partial charge in [0.05, 0.1) is 5.52 Å². The number of rotatable bonds is 3. The molecule has 0 aliphatic carbocycles. The summed E-state index contributed by atoms with van der Waals surface area (Å²) >= 11 is 0. The molecule has 0 unspecified atom stereocenters. The van der Waals surface area contributed by atoms with Gasteiger partial charge < -0.3 is 10.6 Å². The number of fused-ring (bicyclic) bond motifs is 2. The van der Waals surface area contributed by atoms with Crippen molar-refractivity contribution in [2.75, 3.05) is 17.2 Å². The Morgan fingerprint density at radius 3 is 3.00 bits per heavy atom. The van der Waals surface area contributed by atoms with Gasteiger partial charge in [0.1, 0.15) is 18.0 Å². The quantitative estimate of drug-likeness (QED) is 0.776. The number of nitrogens with zero attached hydrogens (tertiary/aromatic N) is 2. The molecule has 6 heteroatoms. The number of benzene rings is 2. The molecule has 3 aromatic rings. The fourth-order valence-electron chi connectivity index (χ4n) is 3.07. The molecule has 0 spiro atoms. The van der Waals surface area contributed by atoms with Gasteiger partial charge in [-0.1, -0.05) is 18.2 Å². The summed E-state index contributed by atoms with van der Waals surface area (Å²) in [6, 6.07) is 12.2. The zero-order valence-electron chi connectivity index (χ0n) is 12.8. The molecule has 2 aromatic carbocycles. The van der Waals surface area contributed by atoms with Gasteiger partial charge in [-0.25, -0.2) is 14.4 Å². The van der Waals surface area contributed by atoms with Crippen LogP contribution in [0.25, 0.3) is 10.9 Å². The van der Waals surface area contributed by atoms with Crippen LogP contribution in [0.15, 0.2) is 48.8 Å². The normalized spacial score (nSPS) is 16.5. The van der Waals surface area contributed by atoms with Gasteiger partial charge in [-0.3, -0.25) is 4.79 Å². The molecule has 24 heavy (non-hydrogen) atoms. The van der Waals surface area contributed by atoms with Crippen molar-refractivity contribution in [1.82, 2.24) is 9.97 Å². The smallest absolute Gasteiger partial charge is 0.225 e. The summed E-state index contributed by atoms with van der Waals surface area (Å²) in [5.74, 6) is 0.276. The maximum Gasteiger partial charge on any atom is 0.225 e. The van der Waals surface area contributed by atoms with Crippen LogP contribution in [0.2, 0.25) is 0 Å². The van der Waals surface area contributed by atoms with E-state index in [-0.39, 0.29) is 17.6 Å². The van der Waals surface area contributed by atoms with Crippen molar-refractivity contribution in [3.8, 4) is 0 Å². The number of nitrogens with one attached hydrogen (secondary N) is 2. The molecule has 1 atom stereocenters. The lowest BCUT2D eigenvalue weighted by Gasteiger charge is -2.26. The van der Waals surface area contributed by atoms with Crippen LogP contribution in [0, 0.1) is 5.82 Å². The molecule has 1 aliphatic rings. The van der Waals surface area contributed by atoms with Crippen LogP contribution >= 0.6 is 0 Å². The van der Waals surface area contributed by atoms with Gasteiger partial charge >= 0.3 is 0 Å². The molecule has 2 heterocycles. The SMILES string of the molecule is O=C1C[C@H](CNc2ncnc3ccc(F)cc23)c2ccccc2N1. The Bertz CT molecular complexity index is 928. The van der Waals surface area contributed by atoms with Crippen LogP contribution in [-0.2, 0) is 4.79 Å². The molecule has 0 saturated carbocycles. The topological polar surface area (TPSA) is 66.9 Å². The highest BCUT2D eigenvalue weighted by atomic mass is 19.1. The first kappa shape index (κ1) is 14.6. The molecule has 5 nitrogen and oxygen atoms in total. The van der Waals surface area contributed by atoms with Crippen molar-refractivity contribution in [2.24, 2.45) is 0 Å². The van der Waals surface area contributed by atoms with Crippen LogP contribution in [-0.4, -0.2) is 22.4 Å². The predicted octanol–water partition coefficient (Wildman–Crippen LogP) is 3.31. The minimum atomic E-state index is -0.331. The van der Waals surface area contributed by atoms with Gasteiger partial charge in [-0.15, -0.1) is 0 Å². The van der Waals surface area contributed by atoms with Gasteiger partial charge in [0.2, 0.25) is 5.91 Å². The second-order valence-electron chi connectivity index (χ2n) is 5.80. The summed E-state index contributed by atoms with van der Waals surface area (Å²) in [7, 11) is 0. The number of aromatic nitrogens is 2. The van der Waals surface area contributed by atoms with E-state index in [0.717, 1.165) is 11.3 Å². The number of anilines is 2. The van der Waals surface area contributed by atoms with E-state index in [1.54, 1.807) is 6.07 Å². The summed E-state index contributed by atoms with van der Waals surface area (Å²) in [5.41, 5.74) is 2.61. The highest BCUT2D eigenvalue weighted by Crippen LogP contribution is 2.32. The first-order valence-electron chi connectivity index (χ1n) is 7.73. The third-order valence-electron chi connectivity index (χ3n) is 4.22. The zero-order chi connectivity index (χ0) is 16.5. The number of halogens is 1. The minimum Gasteiger partial charge on any atom is -0.369 e. The van der Waals surface area contributed by atoms with Crippen LogP contribution in [0.3, 0.4) is 0 Å². The molecule has 0 radical (unpaired) electrons. The molecule has 1 aliphatic heterocycles. The van der Waals surface area contributed by atoms with Crippen molar-refractivity contribution >= 4 is 28.3 Å². The van der Waals surface area contributed by atoms with Crippen LogP contribution in [0.1, 0.15) is 17.9 Å². The highest BCUT2D eigenvalue weighted by Gasteiger charge is 2.24. The first-order valence-corrected chi connectivity index (χ1v) is 7.73. The number of hydrogen-bond donors (Lipinski definition) is 2. The van der Waals surface area contributed by atoms with Crippen molar-refractivity contribution in [3.05, 3.63) is 60.2 Å². The fraction of sp³-hybridized carbons (Fsp3) is 0.167. The maximum absolute atomic E-state index is 13.5. The number of para-hydroxylation sites is 1. The molecule has 4 rings (SSSR count). The van der Waals surface area contributed by atoms with Crippen molar-refractivity contribution in [3.63, 3.8) is 0 Å². The monoisotopic (exact) mass is 322 g/mol. The molecule has 0 saturated heterocycles. The minimum absolute atomic E-state index is 0.000843. The summed E-state index contributed by atoms with van der Waals surface area (Å²) in [6.07, 6.45) is 1.85. The lowest BCUT2D eigenvalue weighted by atomic mass is 9.90. The second kappa shape index (κ2) is 5.88. The summed E-state index contributed by atoms with van der Waals surface area (Å²) in [6.45, 7) is 0.535. The predicted molar refractivity (Wildman–Crippen MR) is 90.4 cm³/mol. The van der Waals surface area contributed by atoms with E-state index in [1.165, 1.54) is 18.5 Å². The fourth-order valence-corrected chi connectivity index (χ4v) is 3.07. The number of carbonyl (C=O) groups is 1. The van der Waals surface area contributed by atoms with E-state index in [1.807, 2.05) is 24.3 Å². The zero-order valence-corrected chi connectivity index (χ0v) is 12.8. The van der Waals surface area contributed by atoms with E-state index < -0.39 is 0 Å². The van der Waals surface area contributed by atoms with Gasteiger partial charge in [-0.05, 0) is 29.8 Å². The van der Waals surface area contributed by atoms with E-state index in [9.17, 15) is 9.18 Å². The van der Waals surface area contributed by atoms with E-state index in [4.69, 9.17) is 0 Å². The van der Waals surface area contributed by atoms with Crippen molar-refractivity contribution in [1.29, 1.82) is 0 Å². The molecule has 0 bridgehead atoms. The van der Waals surface area contributed by atoms with E-state index in [0.29, 0.717) is 29.7 Å². The largest absolute Gasteiger partial charge is 0.369 e. The van der Waals surface area contributed by atoms with Crippen molar-refractivity contribution < 1.29 is 9.18 Å². The standard InChI is InChI=1S/C18H15FN4O/c19-12-5-6-15-14(8-12)18(22-10-21-15)20-9-11-7-17(24)23-16-4-2-1-3-13(11)16/h1-6,8,10-11H,7,9H2,(H,23,24)(H,20,21,22)/t11-/m1/s1. The molecule has 1 amide bonds. The second-order valence-corrected chi connectivity index (χ2v) is 5.80. The Morgan fingerprint density at radius 1 is 1.21 bits per heavy atom. The molecular weight excluding hydrogens is 307 g/mol. The van der Waals surface area contributed by atoms with Gasteiger partial charge in [0.15, 0.2) is 0 Å². The Balaban J connectivity index is 1.62. The third-order valence-corrected chi connectivity index (χ3v) is 4.22. The van der Waals surface area contributed by atoms with E-state index >= 15 is 0 Å². The summed E-state index contributed by atoms with van der Waals surface area (Å²) in [5, 5.41) is 6.76. The van der Waals surface area contributed by atoms with Gasteiger partial charge in [-0.2, -0.15) is 0 Å². The molecule has 1 aromatic heterocycles. The summed E-state index contributed by atoms with van der Waals surface area (Å²) < 4.78 is 13.5. The van der Waals surface area contributed by atoms with Gasteiger partial charge in [0, 0.05) is 30.0 Å². The Kier molecular flexibility index (Phi) is 3.57. The Morgan fingerprint density at radius 2 is 2.08 bits per heavy atom. The average molecular weight is 322 g/mol. The third kappa shape index (κ3) is 2.67. The van der Waals surface area contributed by atoms with Crippen LogP contribution < -0.4 is 10.6 Å². The average Bonchev–Trinajstić information content (AvgIpc) is 2.59. The number of hydrogen-bond acceptors (Lipinski definition) is 4. The lowest BCUT2D eigenvalue weighted by molar-refractivity contribution is -0.116. The lowest BCUT2D eigenvalue weighted by Crippen LogP contribution is -2.27. The molecule has 2 N–H and O–H groups in total. The van der Waals surface area contributed by atoms with E-state index in [2.05, 4.69) is 20.6 Å². The molecule has 120 valence electrons. The Hall–Kier alpha value is -3.02. The van der Waals surface area contributed by atoms with Crippen LogP contribution in [0.4, 0.5) is 15.9 Å². The molecular formula is C18H15FN4O. The number of carbonyl (C=O) groups excluding carboxylic acids is 1. The van der Waals surface area contributed by atoms with Crippen molar-refractivity contribution in [2.45, 2.75) is 12.3 Å². The maximum atomic E-state index is 13.5.